The minimum absolute atomic E-state index is 0.345. The standard InChI is InChI=1S/C8H5BrClF3O/c9-4-1-2-5(6(14)3-4)7(10)8(11,12)13/h1-3,7,14H. The molecule has 1 atom stereocenters. The van der Waals surface area contributed by atoms with Gasteiger partial charge in [-0.15, -0.1) is 11.6 Å². The highest BCUT2D eigenvalue weighted by Gasteiger charge is 2.40. The summed E-state index contributed by atoms with van der Waals surface area (Å²) in [6, 6.07) is 3.68. The van der Waals surface area contributed by atoms with Gasteiger partial charge in [0.1, 0.15) is 5.75 Å². The maximum atomic E-state index is 12.2. The van der Waals surface area contributed by atoms with Crippen molar-refractivity contribution in [3.63, 3.8) is 0 Å². The average molecular weight is 289 g/mol. The summed E-state index contributed by atoms with van der Waals surface area (Å²) >= 11 is 8.15. The maximum absolute atomic E-state index is 12.2. The van der Waals surface area contributed by atoms with Gasteiger partial charge in [-0.05, 0) is 12.1 Å². The van der Waals surface area contributed by atoms with Crippen molar-refractivity contribution < 1.29 is 18.3 Å². The van der Waals surface area contributed by atoms with Crippen LogP contribution in [0.3, 0.4) is 0 Å². The first kappa shape index (κ1) is 11.7. The Morgan fingerprint density at radius 3 is 2.36 bits per heavy atom. The van der Waals surface area contributed by atoms with Crippen LogP contribution in [0.2, 0.25) is 0 Å². The first-order valence-corrected chi connectivity index (χ1v) is 4.74. The quantitative estimate of drug-likeness (QED) is 0.775. The lowest BCUT2D eigenvalue weighted by molar-refractivity contribution is -0.132. The van der Waals surface area contributed by atoms with Crippen molar-refractivity contribution in [2.75, 3.05) is 0 Å². The fourth-order valence-electron chi connectivity index (χ4n) is 0.907. The second-order valence-corrected chi connectivity index (χ2v) is 3.96. The SMILES string of the molecule is Oc1cc(Br)ccc1C(Cl)C(F)(F)F. The van der Waals surface area contributed by atoms with Crippen LogP contribution in [0, 0.1) is 0 Å². The Bertz CT molecular complexity index is 340. The molecular formula is C8H5BrClF3O. The van der Waals surface area contributed by atoms with Crippen molar-refractivity contribution in [2.24, 2.45) is 0 Å². The summed E-state index contributed by atoms with van der Waals surface area (Å²) in [6.45, 7) is 0. The summed E-state index contributed by atoms with van der Waals surface area (Å²) < 4.78 is 37.0. The highest BCUT2D eigenvalue weighted by molar-refractivity contribution is 9.10. The van der Waals surface area contributed by atoms with Crippen LogP contribution in [0.25, 0.3) is 0 Å². The highest BCUT2D eigenvalue weighted by atomic mass is 79.9. The minimum Gasteiger partial charge on any atom is -0.508 e. The van der Waals surface area contributed by atoms with Crippen molar-refractivity contribution in [3.8, 4) is 5.75 Å². The molecular weight excluding hydrogens is 284 g/mol. The molecule has 0 aliphatic carbocycles. The molecule has 0 radical (unpaired) electrons. The third-order valence-corrected chi connectivity index (χ3v) is 2.53. The molecule has 1 aromatic carbocycles. The summed E-state index contributed by atoms with van der Waals surface area (Å²) in [6.07, 6.45) is -4.56. The average Bonchev–Trinajstić information content (AvgIpc) is 2.01. The van der Waals surface area contributed by atoms with Gasteiger partial charge >= 0.3 is 6.18 Å². The van der Waals surface area contributed by atoms with E-state index in [0.717, 1.165) is 12.1 Å². The molecule has 0 heterocycles. The number of benzene rings is 1. The Labute approximate surface area is 91.6 Å². The van der Waals surface area contributed by atoms with Crippen LogP contribution in [-0.2, 0) is 0 Å². The first-order chi connectivity index (χ1) is 6.32. The highest BCUT2D eigenvalue weighted by Crippen LogP contribution is 2.42. The van der Waals surface area contributed by atoms with Crippen LogP contribution in [-0.4, -0.2) is 11.3 Å². The molecule has 0 fully saturated rings. The zero-order chi connectivity index (χ0) is 10.9. The summed E-state index contributed by atoms with van der Waals surface area (Å²) in [4.78, 5) is 0. The lowest BCUT2D eigenvalue weighted by atomic mass is 10.1. The smallest absolute Gasteiger partial charge is 0.409 e. The van der Waals surface area contributed by atoms with Crippen LogP contribution in [0.4, 0.5) is 13.2 Å². The van der Waals surface area contributed by atoms with Crippen molar-refractivity contribution in [3.05, 3.63) is 28.2 Å². The zero-order valence-corrected chi connectivity index (χ0v) is 8.99. The molecule has 1 nitrogen and oxygen atoms in total. The predicted molar refractivity (Wildman–Crippen MR) is 50.5 cm³/mol. The van der Waals surface area contributed by atoms with Crippen LogP contribution >= 0.6 is 27.5 Å². The second-order valence-electron chi connectivity index (χ2n) is 2.61. The Balaban J connectivity index is 3.08. The van der Waals surface area contributed by atoms with Gasteiger partial charge in [0, 0.05) is 10.0 Å². The monoisotopic (exact) mass is 288 g/mol. The zero-order valence-electron chi connectivity index (χ0n) is 6.65. The Morgan fingerprint density at radius 2 is 1.93 bits per heavy atom. The van der Waals surface area contributed by atoms with E-state index in [9.17, 15) is 18.3 Å². The summed E-state index contributed by atoms with van der Waals surface area (Å²) in [7, 11) is 0. The van der Waals surface area contributed by atoms with Gasteiger partial charge < -0.3 is 5.11 Å². The molecule has 14 heavy (non-hydrogen) atoms. The molecule has 0 aromatic heterocycles. The summed E-state index contributed by atoms with van der Waals surface area (Å²) in [5, 5.41) is 7.03. The van der Waals surface area contributed by atoms with Crippen molar-refractivity contribution in [1.29, 1.82) is 0 Å². The van der Waals surface area contributed by atoms with Gasteiger partial charge in [0.15, 0.2) is 5.38 Å². The normalized spacial score (nSPS) is 14.1. The fourth-order valence-corrected chi connectivity index (χ4v) is 1.44. The maximum Gasteiger partial charge on any atom is 0.409 e. The second kappa shape index (κ2) is 3.98. The number of alkyl halides is 4. The van der Waals surface area contributed by atoms with Gasteiger partial charge in [-0.1, -0.05) is 22.0 Å². The number of hydrogen-bond donors (Lipinski definition) is 1. The van der Waals surface area contributed by atoms with E-state index in [1.807, 2.05) is 0 Å². The van der Waals surface area contributed by atoms with E-state index < -0.39 is 17.3 Å². The van der Waals surface area contributed by atoms with Crippen LogP contribution in [0.1, 0.15) is 10.9 Å². The topological polar surface area (TPSA) is 20.2 Å². The molecule has 6 heteroatoms. The van der Waals surface area contributed by atoms with E-state index in [1.54, 1.807) is 0 Å². The number of phenols is 1. The molecule has 0 spiro atoms. The van der Waals surface area contributed by atoms with Crippen molar-refractivity contribution in [1.82, 2.24) is 0 Å². The third kappa shape index (κ3) is 2.54. The molecule has 1 aromatic rings. The third-order valence-electron chi connectivity index (χ3n) is 1.55. The van der Waals surface area contributed by atoms with Gasteiger partial charge in [0.2, 0.25) is 0 Å². The molecule has 78 valence electrons. The van der Waals surface area contributed by atoms with Crippen LogP contribution in [0.15, 0.2) is 22.7 Å². The lowest BCUT2D eigenvalue weighted by Gasteiger charge is -2.15. The number of aromatic hydroxyl groups is 1. The molecule has 0 bridgehead atoms. The summed E-state index contributed by atoms with van der Waals surface area (Å²) in [5.41, 5.74) is -0.345. The summed E-state index contributed by atoms with van der Waals surface area (Å²) in [5.74, 6) is -0.475. The van der Waals surface area contributed by atoms with Crippen LogP contribution < -0.4 is 0 Å². The molecule has 0 aliphatic heterocycles. The molecule has 0 saturated carbocycles. The van der Waals surface area contributed by atoms with E-state index in [0.29, 0.717) is 4.47 Å². The Hall–Kier alpha value is -0.420. The van der Waals surface area contributed by atoms with E-state index in [-0.39, 0.29) is 5.56 Å². The lowest BCUT2D eigenvalue weighted by Crippen LogP contribution is -2.15. The minimum atomic E-state index is -4.56. The Kier molecular flexibility index (Phi) is 3.32. The largest absolute Gasteiger partial charge is 0.508 e. The number of phenolic OH excluding ortho intramolecular Hbond substituents is 1. The molecule has 0 aliphatic rings. The number of rotatable bonds is 1. The molecule has 1 N–H and O–H groups in total. The molecule has 0 saturated heterocycles. The predicted octanol–water partition coefficient (Wildman–Crippen LogP) is 4.00. The van der Waals surface area contributed by atoms with E-state index >= 15 is 0 Å². The van der Waals surface area contributed by atoms with Crippen molar-refractivity contribution >= 4 is 27.5 Å². The number of hydrogen-bond acceptors (Lipinski definition) is 1. The Morgan fingerprint density at radius 1 is 1.36 bits per heavy atom. The number of halogens is 5. The van der Waals surface area contributed by atoms with Gasteiger partial charge in [0.25, 0.3) is 0 Å². The van der Waals surface area contributed by atoms with Crippen LogP contribution in [0.5, 0.6) is 5.75 Å². The molecule has 1 unspecified atom stereocenters. The fraction of sp³-hybridized carbons (Fsp3) is 0.250. The van der Waals surface area contributed by atoms with Gasteiger partial charge in [0.05, 0.1) is 0 Å². The first-order valence-electron chi connectivity index (χ1n) is 3.51. The van der Waals surface area contributed by atoms with Gasteiger partial charge in [-0.25, -0.2) is 0 Å². The van der Waals surface area contributed by atoms with Gasteiger partial charge in [-0.2, -0.15) is 13.2 Å². The van der Waals surface area contributed by atoms with E-state index in [4.69, 9.17) is 11.6 Å². The molecule has 1 rings (SSSR count). The van der Waals surface area contributed by atoms with Crippen molar-refractivity contribution in [2.45, 2.75) is 11.6 Å². The van der Waals surface area contributed by atoms with E-state index in [2.05, 4.69) is 15.9 Å². The van der Waals surface area contributed by atoms with Gasteiger partial charge in [-0.3, -0.25) is 0 Å². The molecule has 0 amide bonds. The van der Waals surface area contributed by atoms with E-state index in [1.165, 1.54) is 6.07 Å².